The van der Waals surface area contributed by atoms with Crippen LogP contribution in [0.15, 0.2) is 42.0 Å². The summed E-state index contributed by atoms with van der Waals surface area (Å²) in [6.45, 7) is 11.8. The Kier molecular flexibility index (Phi) is 6.78. The highest BCUT2D eigenvalue weighted by molar-refractivity contribution is 5.96. The third-order valence-electron chi connectivity index (χ3n) is 9.56. The second-order valence-electron chi connectivity index (χ2n) is 12.6. The molecule has 1 aromatic carbocycles. The number of Topliss-reactive ketones (excluding diaryl/α,β-unsaturated/α-hetero) is 1. The Bertz CT molecular complexity index is 1270. The molecule has 0 aromatic heterocycles. The average molecular weight is 555 g/mol. The molecule has 0 amide bonds. The lowest BCUT2D eigenvalue weighted by atomic mass is 9.80. The molecule has 40 heavy (non-hydrogen) atoms. The third kappa shape index (κ3) is 4.20. The number of aliphatic hydroxyl groups excluding tert-OH is 1. The van der Waals surface area contributed by atoms with Gasteiger partial charge in [-0.15, -0.1) is 0 Å². The fourth-order valence-electron chi connectivity index (χ4n) is 7.64. The number of ether oxygens (including phenoxy) is 4. The van der Waals surface area contributed by atoms with Crippen LogP contribution in [0.1, 0.15) is 65.2 Å². The lowest BCUT2D eigenvalue weighted by molar-refractivity contribution is -0.154. The molecule has 1 aromatic rings. The molecule has 1 aliphatic heterocycles. The molecule has 3 fully saturated rings. The first-order valence-corrected chi connectivity index (χ1v) is 13.9. The van der Waals surface area contributed by atoms with Gasteiger partial charge in [-0.25, -0.2) is 4.79 Å². The lowest BCUT2D eigenvalue weighted by Crippen LogP contribution is -2.43. The van der Waals surface area contributed by atoms with E-state index in [0.29, 0.717) is 17.6 Å². The van der Waals surface area contributed by atoms with Crippen LogP contribution in [-0.4, -0.2) is 64.4 Å². The molecule has 0 spiro atoms. The maximum atomic E-state index is 14.3. The second-order valence-corrected chi connectivity index (χ2v) is 12.6. The first kappa shape index (κ1) is 28.5. The zero-order chi connectivity index (χ0) is 29.4. The van der Waals surface area contributed by atoms with Crippen LogP contribution in [0, 0.1) is 29.1 Å². The molecule has 1 N–H and O–H groups in total. The van der Waals surface area contributed by atoms with Crippen molar-refractivity contribution < 1.29 is 43.2 Å². The molecule has 9 heteroatoms. The summed E-state index contributed by atoms with van der Waals surface area (Å²) in [5.41, 5.74) is -2.33. The van der Waals surface area contributed by atoms with Crippen molar-refractivity contribution in [1.82, 2.24) is 0 Å². The summed E-state index contributed by atoms with van der Waals surface area (Å²) in [4.78, 5) is 51.8. The Morgan fingerprint density at radius 1 is 0.950 bits per heavy atom. The van der Waals surface area contributed by atoms with Gasteiger partial charge in [0, 0.05) is 25.7 Å². The summed E-state index contributed by atoms with van der Waals surface area (Å²) in [6.07, 6.45) is -1.86. The zero-order valence-electron chi connectivity index (χ0n) is 24.0. The predicted octanol–water partition coefficient (Wildman–Crippen LogP) is 3.42. The zero-order valence-corrected chi connectivity index (χ0v) is 24.0. The van der Waals surface area contributed by atoms with Gasteiger partial charge < -0.3 is 24.1 Å². The number of aliphatic hydroxyl groups is 1. The van der Waals surface area contributed by atoms with Gasteiger partial charge in [0.15, 0.2) is 17.0 Å². The van der Waals surface area contributed by atoms with Gasteiger partial charge in [-0.05, 0) is 48.5 Å². The smallest absolute Gasteiger partial charge is 0.338 e. The minimum Gasteiger partial charge on any atom is -0.461 e. The van der Waals surface area contributed by atoms with E-state index in [1.807, 2.05) is 20.8 Å². The van der Waals surface area contributed by atoms with E-state index in [9.17, 15) is 24.3 Å². The molecule has 0 radical (unpaired) electrons. The Morgan fingerprint density at radius 2 is 1.55 bits per heavy atom. The maximum Gasteiger partial charge on any atom is 0.338 e. The molecular weight excluding hydrogens is 516 g/mol. The molecule has 5 rings (SSSR count). The molecule has 1 unspecified atom stereocenters. The summed E-state index contributed by atoms with van der Waals surface area (Å²) in [5.74, 6) is -3.63. The van der Waals surface area contributed by atoms with Crippen molar-refractivity contribution in [3.05, 3.63) is 47.5 Å². The van der Waals surface area contributed by atoms with Crippen molar-refractivity contribution in [3.8, 4) is 0 Å². The fraction of sp³-hybridized carbons (Fsp3) is 0.613. The van der Waals surface area contributed by atoms with Crippen LogP contribution in [0.2, 0.25) is 0 Å². The molecular formula is C31H38O9. The summed E-state index contributed by atoms with van der Waals surface area (Å²) >= 11 is 0. The summed E-state index contributed by atoms with van der Waals surface area (Å²) < 4.78 is 23.8. The molecule has 216 valence electrons. The van der Waals surface area contributed by atoms with E-state index in [0.717, 1.165) is 0 Å². The first-order valence-electron chi connectivity index (χ1n) is 13.9. The SMILES string of the molecule is CC(=O)O[C@@H]1[C@@H]2[C@H](C(OC(=O)c3ccccc3)[C@H](O)/C(C)=C/[C@@]34O[C@@]3(C[C@H](C)[C@@H]4OC(C)=O)C(=O)[C@@H]1C)C2(C)C. The van der Waals surface area contributed by atoms with E-state index >= 15 is 0 Å². The van der Waals surface area contributed by atoms with Crippen LogP contribution in [0.3, 0.4) is 0 Å². The normalized spacial score (nSPS) is 42.5. The number of hydrogen-bond acceptors (Lipinski definition) is 9. The molecule has 9 nitrogen and oxygen atoms in total. The van der Waals surface area contributed by atoms with Crippen molar-refractivity contribution in [1.29, 1.82) is 0 Å². The van der Waals surface area contributed by atoms with E-state index in [1.54, 1.807) is 50.3 Å². The number of carbonyl (C=O) groups excluding carboxylic acids is 4. The van der Waals surface area contributed by atoms with E-state index in [2.05, 4.69) is 0 Å². The largest absolute Gasteiger partial charge is 0.461 e. The van der Waals surface area contributed by atoms with Crippen LogP contribution in [0.4, 0.5) is 0 Å². The molecule has 0 bridgehead atoms. The quantitative estimate of drug-likeness (QED) is 0.258. The van der Waals surface area contributed by atoms with Crippen molar-refractivity contribution >= 4 is 23.7 Å². The van der Waals surface area contributed by atoms with Crippen LogP contribution in [0.5, 0.6) is 0 Å². The number of hydrogen-bond donors (Lipinski definition) is 1. The Labute approximate surface area is 234 Å². The summed E-state index contributed by atoms with van der Waals surface area (Å²) in [5, 5.41) is 11.8. The number of epoxide rings is 1. The van der Waals surface area contributed by atoms with E-state index < -0.39 is 70.8 Å². The van der Waals surface area contributed by atoms with Gasteiger partial charge in [0.25, 0.3) is 0 Å². The van der Waals surface area contributed by atoms with Crippen LogP contribution in [0.25, 0.3) is 0 Å². The van der Waals surface area contributed by atoms with Crippen LogP contribution in [-0.2, 0) is 33.3 Å². The van der Waals surface area contributed by atoms with Crippen LogP contribution >= 0.6 is 0 Å². The Morgan fingerprint density at radius 3 is 2.15 bits per heavy atom. The monoisotopic (exact) mass is 554 g/mol. The standard InChI is InChI=1S/C31H38O9/c1-15-13-31-27(38-19(5)33)16(2)14-30(31,40-31)26(35)17(3)24(37-18(4)32)21-22(29(21,6)7)25(23(15)34)39-28(36)20-11-9-8-10-12-20/h8-13,16-17,21-25,27,34H,14H2,1-7H3/b15-13+/t16-,17+,21-,22+,23+,24-,25?,27-,30-,31-/m0/s1. The molecule has 1 heterocycles. The van der Waals surface area contributed by atoms with Gasteiger partial charge in [0.2, 0.25) is 0 Å². The van der Waals surface area contributed by atoms with Gasteiger partial charge in [0.05, 0.1) is 11.5 Å². The lowest BCUT2D eigenvalue weighted by Gasteiger charge is -2.28. The fourth-order valence-corrected chi connectivity index (χ4v) is 7.64. The number of benzene rings is 1. The highest BCUT2D eigenvalue weighted by Gasteiger charge is 2.84. The molecule has 2 saturated carbocycles. The molecule has 3 aliphatic carbocycles. The summed E-state index contributed by atoms with van der Waals surface area (Å²) in [6, 6.07) is 8.51. The number of esters is 3. The predicted molar refractivity (Wildman–Crippen MR) is 142 cm³/mol. The van der Waals surface area contributed by atoms with E-state index in [-0.39, 0.29) is 17.6 Å². The number of ketones is 1. The minimum absolute atomic E-state index is 0.207. The minimum atomic E-state index is -1.29. The second kappa shape index (κ2) is 9.52. The topological polar surface area (TPSA) is 129 Å². The van der Waals surface area contributed by atoms with Crippen molar-refractivity contribution in [2.45, 2.75) is 90.5 Å². The third-order valence-corrected chi connectivity index (χ3v) is 9.56. The van der Waals surface area contributed by atoms with Crippen molar-refractivity contribution in [2.75, 3.05) is 0 Å². The first-order chi connectivity index (χ1) is 18.7. The van der Waals surface area contributed by atoms with Crippen molar-refractivity contribution in [2.24, 2.45) is 29.1 Å². The highest BCUT2D eigenvalue weighted by Crippen LogP contribution is 2.68. The molecule has 10 atom stereocenters. The number of rotatable bonds is 4. The summed E-state index contributed by atoms with van der Waals surface area (Å²) in [7, 11) is 0. The average Bonchev–Trinajstić information content (AvgIpc) is 3.68. The van der Waals surface area contributed by atoms with Gasteiger partial charge in [-0.1, -0.05) is 45.9 Å². The van der Waals surface area contributed by atoms with Gasteiger partial charge in [-0.3, -0.25) is 14.4 Å². The number of fused-ring (bicyclic) bond motifs is 1. The van der Waals surface area contributed by atoms with Gasteiger partial charge >= 0.3 is 17.9 Å². The van der Waals surface area contributed by atoms with Gasteiger partial charge in [0.1, 0.15) is 24.4 Å². The Hall–Kier alpha value is -3.04. The van der Waals surface area contributed by atoms with Gasteiger partial charge in [-0.2, -0.15) is 0 Å². The number of carbonyl (C=O) groups is 4. The van der Waals surface area contributed by atoms with E-state index in [1.165, 1.54) is 13.8 Å². The molecule has 4 aliphatic rings. The maximum absolute atomic E-state index is 14.3. The molecule has 1 saturated heterocycles. The van der Waals surface area contributed by atoms with Crippen LogP contribution < -0.4 is 0 Å². The van der Waals surface area contributed by atoms with E-state index in [4.69, 9.17) is 18.9 Å². The Balaban J connectivity index is 1.63. The van der Waals surface area contributed by atoms with Crippen molar-refractivity contribution in [3.63, 3.8) is 0 Å². The highest BCUT2D eigenvalue weighted by atomic mass is 16.7.